The molecule has 0 aliphatic heterocycles. The Morgan fingerprint density at radius 3 is 2.55 bits per heavy atom. The van der Waals surface area contributed by atoms with Gasteiger partial charge in [0.25, 0.3) is 0 Å². The third kappa shape index (κ3) is 3.73. The van der Waals surface area contributed by atoms with Crippen LogP contribution in [0.15, 0.2) is 30.8 Å². The van der Waals surface area contributed by atoms with E-state index in [1.54, 1.807) is 0 Å². The van der Waals surface area contributed by atoms with Crippen LogP contribution in [0.5, 0.6) is 0 Å². The minimum Gasteiger partial charge on any atom is -0.327 e. The Labute approximate surface area is 124 Å². The van der Waals surface area contributed by atoms with Gasteiger partial charge < -0.3 is 5.73 Å². The zero-order chi connectivity index (χ0) is 14.5. The lowest BCUT2D eigenvalue weighted by Gasteiger charge is -2.30. The summed E-state index contributed by atoms with van der Waals surface area (Å²) in [6, 6.07) is 9.00. The fraction of sp³-hybridized carbons (Fsp3) is 0.579. The first-order valence-corrected chi connectivity index (χ1v) is 8.10. The number of nitrogens with two attached hydrogens (primary N) is 1. The van der Waals surface area contributed by atoms with E-state index in [1.165, 1.54) is 43.2 Å². The van der Waals surface area contributed by atoms with Crippen LogP contribution < -0.4 is 5.73 Å². The molecule has 1 aliphatic carbocycles. The first-order valence-electron chi connectivity index (χ1n) is 8.10. The summed E-state index contributed by atoms with van der Waals surface area (Å²) in [5, 5.41) is 0. The Balaban J connectivity index is 2.04. The summed E-state index contributed by atoms with van der Waals surface area (Å²) in [5.41, 5.74) is 10.4. The molecule has 2 unspecified atom stereocenters. The summed E-state index contributed by atoms with van der Waals surface area (Å²) in [7, 11) is 0. The Kier molecular flexibility index (Phi) is 5.42. The lowest BCUT2D eigenvalue weighted by Crippen LogP contribution is -2.32. The predicted molar refractivity (Wildman–Crippen MR) is 88.7 cm³/mol. The van der Waals surface area contributed by atoms with E-state index in [9.17, 15) is 0 Å². The summed E-state index contributed by atoms with van der Waals surface area (Å²) < 4.78 is 0. The highest BCUT2D eigenvalue weighted by Crippen LogP contribution is 2.32. The van der Waals surface area contributed by atoms with Gasteiger partial charge in [-0.15, -0.1) is 0 Å². The van der Waals surface area contributed by atoms with Crippen LogP contribution in [0.3, 0.4) is 0 Å². The molecule has 20 heavy (non-hydrogen) atoms. The predicted octanol–water partition coefficient (Wildman–Crippen LogP) is 5.12. The van der Waals surface area contributed by atoms with Crippen molar-refractivity contribution in [3.05, 3.63) is 42.0 Å². The standard InChI is InChI=1S/C19H29N/c1-14(2)17-11-7-8-12-18(17)15(3)13-19(20)16-9-5-4-6-10-16/h7-8,11-12,15-16,19H,1,4-6,9-10,13,20H2,2-3H3. The van der Waals surface area contributed by atoms with Gasteiger partial charge in [0.15, 0.2) is 0 Å². The van der Waals surface area contributed by atoms with E-state index in [0.29, 0.717) is 12.0 Å². The van der Waals surface area contributed by atoms with Crippen molar-refractivity contribution in [1.82, 2.24) is 0 Å². The molecule has 0 heterocycles. The smallest absolute Gasteiger partial charge is 0.00728 e. The highest BCUT2D eigenvalue weighted by molar-refractivity contribution is 5.65. The van der Waals surface area contributed by atoms with E-state index < -0.39 is 0 Å². The molecule has 1 heteroatoms. The molecule has 0 radical (unpaired) electrons. The maximum Gasteiger partial charge on any atom is 0.00728 e. The number of benzene rings is 1. The third-order valence-electron chi connectivity index (χ3n) is 4.83. The Morgan fingerprint density at radius 1 is 1.25 bits per heavy atom. The highest BCUT2D eigenvalue weighted by Gasteiger charge is 2.23. The van der Waals surface area contributed by atoms with Crippen molar-refractivity contribution in [3.63, 3.8) is 0 Å². The molecule has 0 spiro atoms. The molecule has 0 saturated heterocycles. The van der Waals surface area contributed by atoms with E-state index >= 15 is 0 Å². The molecule has 1 aromatic carbocycles. The maximum absolute atomic E-state index is 6.49. The van der Waals surface area contributed by atoms with E-state index in [4.69, 9.17) is 5.73 Å². The zero-order valence-electron chi connectivity index (χ0n) is 13.1. The fourth-order valence-corrected chi connectivity index (χ4v) is 3.61. The molecule has 2 atom stereocenters. The number of hydrogen-bond acceptors (Lipinski definition) is 1. The summed E-state index contributed by atoms with van der Waals surface area (Å²) in [6.45, 7) is 8.51. The molecular weight excluding hydrogens is 242 g/mol. The molecule has 0 amide bonds. The second-order valence-electron chi connectivity index (χ2n) is 6.57. The number of hydrogen-bond donors (Lipinski definition) is 1. The fourth-order valence-electron chi connectivity index (χ4n) is 3.61. The molecule has 0 bridgehead atoms. The molecular formula is C19H29N. The zero-order valence-corrected chi connectivity index (χ0v) is 13.1. The van der Waals surface area contributed by atoms with Crippen molar-refractivity contribution in [2.45, 2.75) is 64.3 Å². The minimum atomic E-state index is 0.350. The van der Waals surface area contributed by atoms with Gasteiger partial charge in [-0.05, 0) is 49.1 Å². The van der Waals surface area contributed by atoms with E-state index in [1.807, 2.05) is 0 Å². The normalized spacial score (nSPS) is 19.6. The van der Waals surface area contributed by atoms with Crippen molar-refractivity contribution in [2.24, 2.45) is 11.7 Å². The first kappa shape index (κ1) is 15.3. The van der Waals surface area contributed by atoms with Gasteiger partial charge in [-0.1, -0.05) is 62.6 Å². The van der Waals surface area contributed by atoms with Gasteiger partial charge in [0.1, 0.15) is 0 Å². The lowest BCUT2D eigenvalue weighted by molar-refractivity contribution is 0.287. The van der Waals surface area contributed by atoms with Gasteiger partial charge in [0.2, 0.25) is 0 Å². The summed E-state index contributed by atoms with van der Waals surface area (Å²) in [4.78, 5) is 0. The van der Waals surface area contributed by atoms with Crippen molar-refractivity contribution >= 4 is 5.57 Å². The average Bonchev–Trinajstić information content (AvgIpc) is 2.48. The van der Waals surface area contributed by atoms with Crippen LogP contribution >= 0.6 is 0 Å². The molecule has 0 aromatic heterocycles. The Hall–Kier alpha value is -1.08. The third-order valence-corrected chi connectivity index (χ3v) is 4.83. The molecule has 1 fully saturated rings. The summed E-state index contributed by atoms with van der Waals surface area (Å²) in [6.07, 6.45) is 7.89. The van der Waals surface area contributed by atoms with Gasteiger partial charge in [-0.2, -0.15) is 0 Å². The topological polar surface area (TPSA) is 26.0 Å². The van der Waals surface area contributed by atoms with Gasteiger partial charge >= 0.3 is 0 Å². The van der Waals surface area contributed by atoms with Crippen molar-refractivity contribution in [2.75, 3.05) is 0 Å². The van der Waals surface area contributed by atoms with Gasteiger partial charge in [-0.25, -0.2) is 0 Å². The molecule has 1 nitrogen and oxygen atoms in total. The van der Waals surface area contributed by atoms with Crippen LogP contribution in [-0.4, -0.2) is 6.04 Å². The van der Waals surface area contributed by atoms with Crippen molar-refractivity contribution < 1.29 is 0 Å². The molecule has 2 rings (SSSR count). The van der Waals surface area contributed by atoms with E-state index in [0.717, 1.165) is 17.9 Å². The second-order valence-corrected chi connectivity index (χ2v) is 6.57. The van der Waals surface area contributed by atoms with Crippen LogP contribution in [-0.2, 0) is 0 Å². The Morgan fingerprint density at radius 2 is 1.90 bits per heavy atom. The van der Waals surface area contributed by atoms with Crippen LogP contribution in [0.2, 0.25) is 0 Å². The highest BCUT2D eigenvalue weighted by atomic mass is 14.7. The molecule has 1 aliphatic rings. The van der Waals surface area contributed by atoms with Crippen LogP contribution in [0.4, 0.5) is 0 Å². The minimum absolute atomic E-state index is 0.350. The van der Waals surface area contributed by atoms with E-state index in [2.05, 4.69) is 44.7 Å². The maximum atomic E-state index is 6.49. The number of rotatable bonds is 5. The SMILES string of the molecule is C=C(C)c1ccccc1C(C)CC(N)C1CCCCC1. The van der Waals surface area contributed by atoms with Crippen LogP contribution in [0.1, 0.15) is 69.4 Å². The van der Waals surface area contributed by atoms with Gasteiger partial charge in [-0.3, -0.25) is 0 Å². The average molecular weight is 271 g/mol. The van der Waals surface area contributed by atoms with E-state index in [-0.39, 0.29) is 0 Å². The van der Waals surface area contributed by atoms with Crippen molar-refractivity contribution in [1.29, 1.82) is 0 Å². The lowest BCUT2D eigenvalue weighted by atomic mass is 9.79. The molecule has 2 N–H and O–H groups in total. The summed E-state index contributed by atoms with van der Waals surface area (Å²) >= 11 is 0. The number of allylic oxidation sites excluding steroid dienone is 1. The monoisotopic (exact) mass is 271 g/mol. The molecule has 110 valence electrons. The second kappa shape index (κ2) is 7.08. The molecule has 1 saturated carbocycles. The van der Waals surface area contributed by atoms with Crippen LogP contribution in [0, 0.1) is 5.92 Å². The molecule has 1 aromatic rings. The van der Waals surface area contributed by atoms with Crippen LogP contribution in [0.25, 0.3) is 5.57 Å². The Bertz CT molecular complexity index is 443. The largest absolute Gasteiger partial charge is 0.327 e. The first-order chi connectivity index (χ1) is 9.59. The van der Waals surface area contributed by atoms with Gasteiger partial charge in [0.05, 0.1) is 0 Å². The van der Waals surface area contributed by atoms with Crippen molar-refractivity contribution in [3.8, 4) is 0 Å². The summed E-state index contributed by atoms with van der Waals surface area (Å²) in [5.74, 6) is 1.25. The van der Waals surface area contributed by atoms with Gasteiger partial charge in [0, 0.05) is 6.04 Å². The quantitative estimate of drug-likeness (QED) is 0.790.